The summed E-state index contributed by atoms with van der Waals surface area (Å²) in [7, 11) is 1.84. The van der Waals surface area contributed by atoms with Crippen LogP contribution >= 0.6 is 0 Å². The predicted molar refractivity (Wildman–Crippen MR) is 82.9 cm³/mol. The SMILES string of the molecule is Cn1cc([C@@H](NC(=O)c2ccn3nnnc3c2)C2CC(O)C2)cn1. The van der Waals surface area contributed by atoms with Gasteiger partial charge in [0.05, 0.1) is 18.3 Å². The molecule has 1 amide bonds. The van der Waals surface area contributed by atoms with Crippen molar-refractivity contribution < 1.29 is 9.90 Å². The molecule has 0 saturated heterocycles. The number of aliphatic hydroxyl groups is 1. The largest absolute Gasteiger partial charge is 0.393 e. The number of nitrogens with one attached hydrogen (secondary N) is 1. The van der Waals surface area contributed by atoms with E-state index in [0.29, 0.717) is 24.1 Å². The smallest absolute Gasteiger partial charge is 0.251 e. The Hall–Kier alpha value is -2.81. The molecular formula is C15H17N7O2. The summed E-state index contributed by atoms with van der Waals surface area (Å²) in [4.78, 5) is 12.6. The summed E-state index contributed by atoms with van der Waals surface area (Å²) in [5, 5.41) is 28.0. The van der Waals surface area contributed by atoms with Crippen molar-refractivity contribution in [1.29, 1.82) is 0 Å². The van der Waals surface area contributed by atoms with Gasteiger partial charge in [0.2, 0.25) is 0 Å². The van der Waals surface area contributed by atoms with Crippen molar-refractivity contribution in [3.8, 4) is 0 Å². The Labute approximate surface area is 137 Å². The van der Waals surface area contributed by atoms with E-state index in [0.717, 1.165) is 5.56 Å². The Kier molecular flexibility index (Phi) is 3.49. The first kappa shape index (κ1) is 14.8. The molecule has 1 saturated carbocycles. The maximum absolute atomic E-state index is 12.6. The number of aliphatic hydroxyl groups excluding tert-OH is 1. The lowest BCUT2D eigenvalue weighted by Gasteiger charge is -2.37. The second-order valence-electron chi connectivity index (χ2n) is 6.18. The average molecular weight is 327 g/mol. The summed E-state index contributed by atoms with van der Waals surface area (Å²) >= 11 is 0. The number of carbonyl (C=O) groups excluding carboxylic acids is 1. The first-order valence-electron chi connectivity index (χ1n) is 7.75. The molecule has 0 unspecified atom stereocenters. The first-order valence-corrected chi connectivity index (χ1v) is 7.75. The molecule has 1 atom stereocenters. The van der Waals surface area contributed by atoms with Crippen LogP contribution < -0.4 is 5.32 Å². The number of fused-ring (bicyclic) bond motifs is 1. The summed E-state index contributed by atoms with van der Waals surface area (Å²) in [5.41, 5.74) is 1.94. The number of hydrogen-bond acceptors (Lipinski definition) is 6. The van der Waals surface area contributed by atoms with Gasteiger partial charge in [-0.25, -0.2) is 4.52 Å². The number of aryl methyl sites for hydroxylation is 1. The van der Waals surface area contributed by atoms with Crippen molar-refractivity contribution >= 4 is 11.6 Å². The molecule has 0 radical (unpaired) electrons. The third-order valence-corrected chi connectivity index (χ3v) is 4.45. The van der Waals surface area contributed by atoms with Crippen LogP contribution in [0.15, 0.2) is 30.7 Å². The Bertz CT molecular complexity index is 881. The van der Waals surface area contributed by atoms with Crippen LogP contribution in [0.1, 0.15) is 34.8 Å². The van der Waals surface area contributed by atoms with Gasteiger partial charge >= 0.3 is 0 Å². The third kappa shape index (κ3) is 2.62. The third-order valence-electron chi connectivity index (χ3n) is 4.45. The van der Waals surface area contributed by atoms with Crippen LogP contribution in [-0.4, -0.2) is 46.9 Å². The topological polar surface area (TPSA) is 110 Å². The van der Waals surface area contributed by atoms with Gasteiger partial charge in [-0.05, 0) is 41.3 Å². The normalized spacial score (nSPS) is 21.4. The molecule has 124 valence electrons. The number of amides is 1. The van der Waals surface area contributed by atoms with Gasteiger partial charge in [-0.1, -0.05) is 0 Å². The molecule has 4 rings (SSSR count). The highest BCUT2D eigenvalue weighted by Gasteiger charge is 2.36. The molecule has 0 bridgehead atoms. The van der Waals surface area contributed by atoms with Crippen LogP contribution in [0, 0.1) is 5.92 Å². The predicted octanol–water partition coefficient (Wildman–Crippen LogP) is 0.0998. The van der Waals surface area contributed by atoms with Crippen LogP contribution in [0.5, 0.6) is 0 Å². The van der Waals surface area contributed by atoms with E-state index in [1.165, 1.54) is 4.52 Å². The average Bonchev–Trinajstić information content (AvgIpc) is 3.17. The lowest BCUT2D eigenvalue weighted by atomic mass is 9.75. The van der Waals surface area contributed by atoms with E-state index in [1.54, 1.807) is 29.2 Å². The number of nitrogens with zero attached hydrogens (tertiary/aromatic N) is 6. The first-order chi connectivity index (χ1) is 11.6. The zero-order valence-corrected chi connectivity index (χ0v) is 13.1. The summed E-state index contributed by atoms with van der Waals surface area (Å²) < 4.78 is 3.20. The summed E-state index contributed by atoms with van der Waals surface area (Å²) in [6.45, 7) is 0. The van der Waals surface area contributed by atoms with E-state index in [9.17, 15) is 9.90 Å². The Morgan fingerprint density at radius 2 is 2.29 bits per heavy atom. The molecular weight excluding hydrogens is 310 g/mol. The van der Waals surface area contributed by atoms with E-state index in [2.05, 4.69) is 25.9 Å². The molecule has 0 spiro atoms. The fourth-order valence-electron chi connectivity index (χ4n) is 3.08. The second kappa shape index (κ2) is 5.68. The minimum absolute atomic E-state index is 0.179. The molecule has 0 aromatic carbocycles. The highest BCUT2D eigenvalue weighted by atomic mass is 16.3. The summed E-state index contributed by atoms with van der Waals surface area (Å²) in [6, 6.07) is 3.14. The van der Waals surface area contributed by atoms with Crippen LogP contribution in [0.4, 0.5) is 0 Å². The number of aromatic nitrogens is 6. The molecule has 3 aromatic rings. The molecule has 1 aliphatic carbocycles. The molecule has 3 heterocycles. The van der Waals surface area contributed by atoms with Crippen molar-refractivity contribution in [2.75, 3.05) is 0 Å². The molecule has 9 heteroatoms. The van der Waals surface area contributed by atoms with Crippen LogP contribution in [0.25, 0.3) is 5.65 Å². The van der Waals surface area contributed by atoms with Gasteiger partial charge in [-0.2, -0.15) is 5.10 Å². The van der Waals surface area contributed by atoms with Gasteiger partial charge in [-0.3, -0.25) is 9.48 Å². The van der Waals surface area contributed by atoms with Crippen molar-refractivity contribution in [3.05, 3.63) is 41.9 Å². The van der Waals surface area contributed by atoms with E-state index in [4.69, 9.17) is 0 Å². The number of hydrogen-bond donors (Lipinski definition) is 2. The summed E-state index contributed by atoms with van der Waals surface area (Å²) in [5.74, 6) is 0.00221. The minimum atomic E-state index is -0.288. The lowest BCUT2D eigenvalue weighted by molar-refractivity contribution is 0.0235. The maximum Gasteiger partial charge on any atom is 0.251 e. The van der Waals surface area contributed by atoms with E-state index < -0.39 is 0 Å². The van der Waals surface area contributed by atoms with Gasteiger partial charge in [0, 0.05) is 30.6 Å². The Morgan fingerprint density at radius 1 is 1.46 bits per heavy atom. The van der Waals surface area contributed by atoms with Gasteiger partial charge in [-0.15, -0.1) is 5.10 Å². The van der Waals surface area contributed by atoms with Gasteiger partial charge in [0.1, 0.15) is 0 Å². The maximum atomic E-state index is 12.6. The highest BCUT2D eigenvalue weighted by Crippen LogP contribution is 2.38. The van der Waals surface area contributed by atoms with Crippen LogP contribution in [0.3, 0.4) is 0 Å². The van der Waals surface area contributed by atoms with Crippen molar-refractivity contribution in [2.24, 2.45) is 13.0 Å². The molecule has 1 fully saturated rings. The quantitative estimate of drug-likeness (QED) is 0.703. The monoisotopic (exact) mass is 327 g/mol. The fourth-order valence-corrected chi connectivity index (χ4v) is 3.08. The number of carbonyl (C=O) groups is 1. The van der Waals surface area contributed by atoms with Gasteiger partial charge in [0.15, 0.2) is 5.65 Å². The minimum Gasteiger partial charge on any atom is -0.393 e. The molecule has 2 N–H and O–H groups in total. The van der Waals surface area contributed by atoms with Gasteiger partial charge < -0.3 is 10.4 Å². The number of rotatable bonds is 4. The standard InChI is InChI=1S/C15H17N7O2/c1-21-8-11(7-16-21)14(10-4-12(23)5-10)17-15(24)9-2-3-22-13(6-9)18-19-20-22/h2-3,6-8,10,12,14,23H,4-5H2,1H3,(H,17,24)/t10?,12?,14-/m0/s1. The summed E-state index contributed by atoms with van der Waals surface area (Å²) in [6.07, 6.45) is 6.35. The molecule has 24 heavy (non-hydrogen) atoms. The van der Waals surface area contributed by atoms with Crippen LogP contribution in [0.2, 0.25) is 0 Å². The molecule has 3 aromatic heterocycles. The molecule has 1 aliphatic rings. The Morgan fingerprint density at radius 3 is 3.00 bits per heavy atom. The zero-order chi connectivity index (χ0) is 16.7. The van der Waals surface area contributed by atoms with E-state index in [-0.39, 0.29) is 24.0 Å². The van der Waals surface area contributed by atoms with Crippen molar-refractivity contribution in [3.63, 3.8) is 0 Å². The fraction of sp³-hybridized carbons (Fsp3) is 0.400. The number of tetrazole rings is 1. The molecule has 0 aliphatic heterocycles. The zero-order valence-electron chi connectivity index (χ0n) is 13.1. The highest BCUT2D eigenvalue weighted by molar-refractivity contribution is 5.95. The van der Waals surface area contributed by atoms with E-state index >= 15 is 0 Å². The number of pyridine rings is 1. The van der Waals surface area contributed by atoms with E-state index in [1.807, 2.05) is 13.2 Å². The van der Waals surface area contributed by atoms with Crippen molar-refractivity contribution in [2.45, 2.75) is 25.0 Å². The lowest BCUT2D eigenvalue weighted by Crippen LogP contribution is -2.41. The molecule has 9 nitrogen and oxygen atoms in total. The van der Waals surface area contributed by atoms with Gasteiger partial charge in [0.25, 0.3) is 5.91 Å². The van der Waals surface area contributed by atoms with Crippen LogP contribution in [-0.2, 0) is 7.05 Å². The second-order valence-corrected chi connectivity index (χ2v) is 6.18. The van der Waals surface area contributed by atoms with Crippen molar-refractivity contribution in [1.82, 2.24) is 35.1 Å². The Balaban J connectivity index is 1.58.